The summed E-state index contributed by atoms with van der Waals surface area (Å²) in [5.74, 6) is 0.278. The molecule has 0 aliphatic heterocycles. The van der Waals surface area contributed by atoms with Crippen LogP contribution in [0.15, 0.2) is 78.9 Å². The highest BCUT2D eigenvalue weighted by atomic mass is 16.5. The lowest BCUT2D eigenvalue weighted by molar-refractivity contribution is -0.122. The van der Waals surface area contributed by atoms with Crippen molar-refractivity contribution in [2.24, 2.45) is 5.73 Å². The van der Waals surface area contributed by atoms with Gasteiger partial charge >= 0.3 is 0 Å². The Kier molecular flexibility index (Phi) is 6.47. The number of benzene rings is 3. The van der Waals surface area contributed by atoms with Crippen molar-refractivity contribution in [2.45, 2.75) is 13.0 Å². The minimum Gasteiger partial charge on any atom is -0.484 e. The fourth-order valence-corrected chi connectivity index (χ4v) is 2.65. The summed E-state index contributed by atoms with van der Waals surface area (Å²) in [6, 6.07) is 24.3. The van der Waals surface area contributed by atoms with E-state index in [0.29, 0.717) is 17.2 Å². The van der Waals surface area contributed by atoms with Crippen LogP contribution in [0.3, 0.4) is 0 Å². The summed E-state index contributed by atoms with van der Waals surface area (Å²) < 4.78 is 10.9. The summed E-state index contributed by atoms with van der Waals surface area (Å²) in [5.41, 5.74) is 7.83. The van der Waals surface area contributed by atoms with Crippen molar-refractivity contribution in [2.75, 3.05) is 11.9 Å². The van der Waals surface area contributed by atoms with Gasteiger partial charge in [0.25, 0.3) is 11.8 Å². The molecule has 3 aromatic rings. The molecule has 3 aromatic carbocycles. The zero-order valence-electron chi connectivity index (χ0n) is 16.0. The second kappa shape index (κ2) is 9.41. The lowest BCUT2D eigenvalue weighted by Crippen LogP contribution is -2.30. The van der Waals surface area contributed by atoms with Crippen LogP contribution >= 0.6 is 0 Å². The topological polar surface area (TPSA) is 90.7 Å². The number of carbonyl (C=O) groups excluding carboxylic acids is 2. The Morgan fingerprint density at radius 1 is 0.862 bits per heavy atom. The molecule has 0 unspecified atom stereocenters. The van der Waals surface area contributed by atoms with Gasteiger partial charge in [0.05, 0.1) is 0 Å². The summed E-state index contributed by atoms with van der Waals surface area (Å²) in [7, 11) is 0. The minimum atomic E-state index is -0.677. The van der Waals surface area contributed by atoms with Crippen molar-refractivity contribution in [1.82, 2.24) is 0 Å². The van der Waals surface area contributed by atoms with Crippen molar-refractivity contribution in [1.29, 1.82) is 0 Å². The molecule has 0 radical (unpaired) electrons. The van der Waals surface area contributed by atoms with Crippen LogP contribution in [0.2, 0.25) is 0 Å². The van der Waals surface area contributed by atoms with E-state index in [4.69, 9.17) is 15.2 Å². The van der Waals surface area contributed by atoms with Gasteiger partial charge in [0.2, 0.25) is 0 Å². The van der Waals surface area contributed by atoms with Gasteiger partial charge in [0.15, 0.2) is 12.7 Å². The van der Waals surface area contributed by atoms with Gasteiger partial charge in [-0.15, -0.1) is 0 Å². The average Bonchev–Trinajstić information content (AvgIpc) is 2.74. The maximum Gasteiger partial charge on any atom is 0.265 e. The summed E-state index contributed by atoms with van der Waals surface area (Å²) in [4.78, 5) is 23.1. The van der Waals surface area contributed by atoms with Crippen molar-refractivity contribution < 1.29 is 19.1 Å². The third kappa shape index (κ3) is 5.84. The quantitative estimate of drug-likeness (QED) is 0.615. The van der Waals surface area contributed by atoms with Gasteiger partial charge < -0.3 is 20.5 Å². The average molecular weight is 390 g/mol. The standard InChI is InChI=1S/C23H22N2O4/c1-16(23(27)25-19-9-13-20(14-10-19)28-15-22(24)26)29-21-11-7-18(8-12-21)17-5-3-2-4-6-17/h2-14,16H,15H2,1H3,(H2,24,26)(H,25,27)/t16-/m0/s1. The van der Waals surface area contributed by atoms with E-state index in [1.165, 1.54) is 0 Å². The van der Waals surface area contributed by atoms with Crippen LogP contribution in [0.25, 0.3) is 11.1 Å². The summed E-state index contributed by atoms with van der Waals surface area (Å²) in [6.07, 6.45) is -0.677. The number of nitrogens with two attached hydrogens (primary N) is 1. The molecular weight excluding hydrogens is 368 g/mol. The highest BCUT2D eigenvalue weighted by molar-refractivity contribution is 5.94. The maximum atomic E-state index is 12.4. The first-order valence-corrected chi connectivity index (χ1v) is 9.15. The molecule has 0 spiro atoms. The highest BCUT2D eigenvalue weighted by Crippen LogP contribution is 2.23. The number of rotatable bonds is 8. The van der Waals surface area contributed by atoms with E-state index in [9.17, 15) is 9.59 Å². The number of anilines is 1. The molecule has 0 saturated carbocycles. The van der Waals surface area contributed by atoms with Gasteiger partial charge in [0.1, 0.15) is 11.5 Å². The molecule has 0 aromatic heterocycles. The highest BCUT2D eigenvalue weighted by Gasteiger charge is 2.15. The molecular formula is C23H22N2O4. The molecule has 2 amide bonds. The van der Waals surface area contributed by atoms with Crippen LogP contribution in [0.5, 0.6) is 11.5 Å². The zero-order valence-corrected chi connectivity index (χ0v) is 16.0. The Morgan fingerprint density at radius 3 is 2.07 bits per heavy atom. The maximum absolute atomic E-state index is 12.4. The van der Waals surface area contributed by atoms with Crippen molar-refractivity contribution in [3.05, 3.63) is 78.9 Å². The molecule has 0 aliphatic rings. The van der Waals surface area contributed by atoms with E-state index in [1.54, 1.807) is 31.2 Å². The predicted molar refractivity (Wildman–Crippen MR) is 112 cm³/mol. The number of ether oxygens (including phenoxy) is 2. The predicted octanol–water partition coefficient (Wildman–Crippen LogP) is 3.62. The molecule has 3 rings (SSSR count). The van der Waals surface area contributed by atoms with E-state index in [-0.39, 0.29) is 12.5 Å². The van der Waals surface area contributed by atoms with Gasteiger partial charge in [-0.1, -0.05) is 42.5 Å². The summed E-state index contributed by atoms with van der Waals surface area (Å²) in [5, 5.41) is 2.78. The van der Waals surface area contributed by atoms with Gasteiger partial charge in [-0.25, -0.2) is 0 Å². The lowest BCUT2D eigenvalue weighted by atomic mass is 10.1. The van der Waals surface area contributed by atoms with E-state index < -0.39 is 12.0 Å². The molecule has 29 heavy (non-hydrogen) atoms. The monoisotopic (exact) mass is 390 g/mol. The Morgan fingerprint density at radius 2 is 1.45 bits per heavy atom. The third-order valence-electron chi connectivity index (χ3n) is 4.15. The molecule has 0 saturated heterocycles. The molecule has 0 fully saturated rings. The number of primary amides is 1. The molecule has 1 atom stereocenters. The Labute approximate surface area is 169 Å². The first-order valence-electron chi connectivity index (χ1n) is 9.15. The van der Waals surface area contributed by atoms with Crippen LogP contribution in [-0.2, 0) is 9.59 Å². The van der Waals surface area contributed by atoms with Crippen molar-refractivity contribution in [3.8, 4) is 22.6 Å². The Hall–Kier alpha value is -3.80. The number of amides is 2. The Balaban J connectivity index is 1.54. The van der Waals surface area contributed by atoms with E-state index in [0.717, 1.165) is 11.1 Å². The minimum absolute atomic E-state index is 0.195. The molecule has 6 heteroatoms. The zero-order chi connectivity index (χ0) is 20.6. The number of hydrogen-bond donors (Lipinski definition) is 2. The van der Waals surface area contributed by atoms with Crippen LogP contribution in [0.1, 0.15) is 6.92 Å². The second-order valence-electron chi connectivity index (χ2n) is 6.42. The van der Waals surface area contributed by atoms with Gasteiger partial charge in [0, 0.05) is 5.69 Å². The molecule has 0 bridgehead atoms. The number of hydrogen-bond acceptors (Lipinski definition) is 4. The molecule has 148 valence electrons. The molecule has 0 aliphatic carbocycles. The largest absolute Gasteiger partial charge is 0.484 e. The van der Waals surface area contributed by atoms with Crippen molar-refractivity contribution >= 4 is 17.5 Å². The fraction of sp³-hybridized carbons (Fsp3) is 0.130. The van der Waals surface area contributed by atoms with Crippen molar-refractivity contribution in [3.63, 3.8) is 0 Å². The van der Waals surface area contributed by atoms with E-state index in [2.05, 4.69) is 5.32 Å². The van der Waals surface area contributed by atoms with Crippen LogP contribution < -0.4 is 20.5 Å². The first kappa shape index (κ1) is 19.9. The van der Waals surface area contributed by atoms with Gasteiger partial charge in [-0.2, -0.15) is 0 Å². The normalized spacial score (nSPS) is 11.3. The molecule has 3 N–H and O–H groups in total. The molecule has 0 heterocycles. The van der Waals surface area contributed by atoms with Crippen LogP contribution in [-0.4, -0.2) is 24.5 Å². The molecule has 6 nitrogen and oxygen atoms in total. The van der Waals surface area contributed by atoms with E-state index in [1.807, 2.05) is 54.6 Å². The Bertz CT molecular complexity index is 954. The number of carbonyl (C=O) groups is 2. The third-order valence-corrected chi connectivity index (χ3v) is 4.15. The fourth-order valence-electron chi connectivity index (χ4n) is 2.65. The summed E-state index contributed by atoms with van der Waals surface area (Å²) >= 11 is 0. The SMILES string of the molecule is C[C@H](Oc1ccc(-c2ccccc2)cc1)C(=O)Nc1ccc(OCC(N)=O)cc1. The van der Waals surface area contributed by atoms with Crippen LogP contribution in [0.4, 0.5) is 5.69 Å². The number of nitrogens with one attached hydrogen (secondary N) is 1. The lowest BCUT2D eigenvalue weighted by Gasteiger charge is -2.15. The van der Waals surface area contributed by atoms with Crippen LogP contribution in [0, 0.1) is 0 Å². The first-order chi connectivity index (χ1) is 14.0. The second-order valence-corrected chi connectivity index (χ2v) is 6.42. The van der Waals surface area contributed by atoms with Gasteiger partial charge in [-0.3, -0.25) is 9.59 Å². The smallest absolute Gasteiger partial charge is 0.265 e. The van der Waals surface area contributed by atoms with E-state index >= 15 is 0 Å². The summed E-state index contributed by atoms with van der Waals surface area (Å²) in [6.45, 7) is 1.49. The van der Waals surface area contributed by atoms with Gasteiger partial charge in [-0.05, 0) is 54.4 Å².